The second-order valence-electron chi connectivity index (χ2n) is 23.4. The van der Waals surface area contributed by atoms with Crippen LogP contribution in [0.1, 0.15) is 174 Å². The van der Waals surface area contributed by atoms with Gasteiger partial charge < -0.3 is 9.80 Å². The van der Waals surface area contributed by atoms with Crippen molar-refractivity contribution in [2.24, 2.45) is 0 Å². The van der Waals surface area contributed by atoms with Crippen molar-refractivity contribution in [2.45, 2.75) is 173 Å². The fourth-order valence-electron chi connectivity index (χ4n) is 12.8. The summed E-state index contributed by atoms with van der Waals surface area (Å²) in [6.07, 6.45) is 7.32. The van der Waals surface area contributed by atoms with Gasteiger partial charge in [-0.25, -0.2) is 0 Å². The molecule has 10 rings (SSSR count). The molecule has 3 aliphatic carbocycles. The van der Waals surface area contributed by atoms with Crippen LogP contribution in [0.25, 0.3) is 5.70 Å². The summed E-state index contributed by atoms with van der Waals surface area (Å²) in [7, 11) is 0. The lowest BCUT2D eigenvalue weighted by atomic mass is 9.30. The van der Waals surface area contributed by atoms with Crippen LogP contribution in [0.15, 0.2) is 66.1 Å². The summed E-state index contributed by atoms with van der Waals surface area (Å²) >= 11 is 7.47. The monoisotopic (exact) mass is 774 g/mol. The number of nitrogens with zero attached hydrogens (tertiary/aromatic N) is 2. The highest BCUT2D eigenvalue weighted by atomic mass is 35.5. The van der Waals surface area contributed by atoms with Crippen LogP contribution in [0.5, 0.6) is 0 Å². The van der Waals surface area contributed by atoms with Crippen molar-refractivity contribution in [3.8, 4) is 0 Å². The van der Waals surface area contributed by atoms with Gasteiger partial charge in [0.2, 0.25) is 6.71 Å². The molecule has 0 radical (unpaired) electrons. The van der Waals surface area contributed by atoms with Crippen LogP contribution in [0.4, 0.5) is 22.7 Å². The minimum atomic E-state index is -0.216. The van der Waals surface area contributed by atoms with Gasteiger partial charge in [-0.3, -0.25) is 0 Å². The number of fused-ring (bicyclic) bond motifs is 9. The Bertz CT molecular complexity index is 2470. The Morgan fingerprint density at radius 1 is 0.614 bits per heavy atom. The first-order valence-electron chi connectivity index (χ1n) is 22.1. The molecule has 3 heterocycles. The van der Waals surface area contributed by atoms with Crippen molar-refractivity contribution in [2.75, 3.05) is 9.80 Å². The van der Waals surface area contributed by atoms with Crippen molar-refractivity contribution in [3.05, 3.63) is 110 Å². The summed E-state index contributed by atoms with van der Waals surface area (Å²) in [6, 6.07) is 24.8. The average Bonchev–Trinajstić information content (AvgIpc) is 3.48. The van der Waals surface area contributed by atoms with Crippen LogP contribution in [-0.4, -0.2) is 12.3 Å². The number of halogens is 1. The first kappa shape index (κ1) is 37.8. The molecule has 0 N–H and O–H groups in total. The topological polar surface area (TPSA) is 6.48 Å². The van der Waals surface area contributed by atoms with E-state index >= 15 is 0 Å². The molecule has 4 aromatic carbocycles. The number of allylic oxidation sites excluding steroid dienone is 1. The molecule has 0 bridgehead atoms. The molecule has 2 unspecified atom stereocenters. The number of anilines is 4. The van der Waals surface area contributed by atoms with Crippen molar-refractivity contribution in [3.63, 3.8) is 0 Å². The van der Waals surface area contributed by atoms with Gasteiger partial charge in [-0.05, 0) is 129 Å². The van der Waals surface area contributed by atoms with Gasteiger partial charge in [0.15, 0.2) is 0 Å². The smallest absolute Gasteiger partial charge is 0.248 e. The van der Waals surface area contributed by atoms with E-state index in [9.17, 15) is 0 Å². The molecule has 0 amide bonds. The Hall–Kier alpha value is -3.43. The van der Waals surface area contributed by atoms with E-state index in [1.165, 1.54) is 106 Å². The summed E-state index contributed by atoms with van der Waals surface area (Å²) in [5.41, 5.74) is 21.5. The second kappa shape index (κ2) is 11.2. The molecule has 2 nitrogen and oxygen atoms in total. The van der Waals surface area contributed by atoms with Crippen molar-refractivity contribution >= 4 is 57.7 Å². The van der Waals surface area contributed by atoms with E-state index in [0.717, 1.165) is 5.02 Å². The molecule has 0 spiro atoms. The van der Waals surface area contributed by atoms with Gasteiger partial charge in [0.05, 0.1) is 5.54 Å². The maximum Gasteiger partial charge on any atom is 0.248 e. The van der Waals surface area contributed by atoms with Gasteiger partial charge in [-0.1, -0.05) is 150 Å². The van der Waals surface area contributed by atoms with Crippen LogP contribution >= 0.6 is 11.6 Å². The number of benzene rings is 4. The van der Waals surface area contributed by atoms with E-state index in [-0.39, 0.29) is 44.7 Å². The largest absolute Gasteiger partial charge is 0.335 e. The summed E-state index contributed by atoms with van der Waals surface area (Å²) in [4.78, 5) is 5.48. The molecule has 0 aromatic heterocycles. The van der Waals surface area contributed by atoms with E-state index in [0.29, 0.717) is 0 Å². The standard InChI is InChI=1S/C53H64BClN2/c1-47(2,3)31-17-19-34(20-18-31)56-41-27-33(55)28-42-43(41)54(40-26-32(48(4,5)6)25-39-45(40)57(42)53(14)22-16-15-21-52(39,53)13)46-44(56)35-29-37-38(30-36(35)51(46,11)12)50(9,10)24-23-49(37,7)8/h17-20,25-30H,15-16,21-24H2,1-14H3. The van der Waals surface area contributed by atoms with Crippen molar-refractivity contribution < 1.29 is 0 Å². The molecule has 2 atom stereocenters. The summed E-state index contributed by atoms with van der Waals surface area (Å²) in [6.45, 7) is 34.5. The van der Waals surface area contributed by atoms with Gasteiger partial charge in [0.25, 0.3) is 0 Å². The quantitative estimate of drug-likeness (QED) is 0.178. The van der Waals surface area contributed by atoms with Gasteiger partial charge in [0.1, 0.15) is 0 Å². The van der Waals surface area contributed by atoms with Crippen LogP contribution in [-0.2, 0) is 32.5 Å². The number of hydrogen-bond donors (Lipinski definition) is 0. The van der Waals surface area contributed by atoms with E-state index in [1.54, 1.807) is 16.6 Å². The first-order chi connectivity index (χ1) is 26.4. The molecular formula is C53H64BClN2. The van der Waals surface area contributed by atoms with Gasteiger partial charge >= 0.3 is 0 Å². The summed E-state index contributed by atoms with van der Waals surface area (Å²) in [5, 5.41) is 0.818. The predicted molar refractivity (Wildman–Crippen MR) is 247 cm³/mol. The molecular weight excluding hydrogens is 711 g/mol. The zero-order valence-electron chi connectivity index (χ0n) is 37.4. The third-order valence-electron chi connectivity index (χ3n) is 16.6. The van der Waals surface area contributed by atoms with E-state index < -0.39 is 0 Å². The van der Waals surface area contributed by atoms with Gasteiger partial charge in [-0.2, -0.15) is 0 Å². The third-order valence-corrected chi connectivity index (χ3v) is 16.8. The summed E-state index contributed by atoms with van der Waals surface area (Å²) in [5.74, 6) is 0. The van der Waals surface area contributed by atoms with Gasteiger partial charge in [0, 0.05) is 49.9 Å². The van der Waals surface area contributed by atoms with E-state index in [1.807, 2.05) is 0 Å². The number of rotatable bonds is 1. The average molecular weight is 775 g/mol. The molecule has 6 aliphatic rings. The molecule has 3 aliphatic heterocycles. The highest BCUT2D eigenvalue weighted by Crippen LogP contribution is 2.64. The normalized spacial score (nSPS) is 25.8. The Kier molecular flexibility index (Phi) is 7.45. The molecule has 4 heteroatoms. The molecule has 4 aromatic rings. The van der Waals surface area contributed by atoms with Crippen LogP contribution < -0.4 is 20.7 Å². The van der Waals surface area contributed by atoms with E-state index in [4.69, 9.17) is 11.6 Å². The lowest BCUT2D eigenvalue weighted by Gasteiger charge is -2.53. The molecule has 1 fully saturated rings. The fourth-order valence-corrected chi connectivity index (χ4v) is 13.0. The van der Waals surface area contributed by atoms with E-state index in [2.05, 4.69) is 167 Å². The first-order valence-corrected chi connectivity index (χ1v) is 22.5. The van der Waals surface area contributed by atoms with Gasteiger partial charge in [-0.15, -0.1) is 0 Å². The maximum atomic E-state index is 7.47. The van der Waals surface area contributed by atoms with Crippen molar-refractivity contribution in [1.29, 1.82) is 0 Å². The van der Waals surface area contributed by atoms with Crippen LogP contribution in [0, 0.1) is 0 Å². The van der Waals surface area contributed by atoms with Crippen LogP contribution in [0.2, 0.25) is 5.02 Å². The zero-order chi connectivity index (χ0) is 40.8. The minimum Gasteiger partial charge on any atom is -0.335 e. The predicted octanol–water partition coefficient (Wildman–Crippen LogP) is 13.3. The second-order valence-corrected chi connectivity index (χ2v) is 23.8. The SMILES string of the molecule is CC(C)(C)c1ccc(N2C3=C(B4c5cc(C(C)(C)C)cc6c5N(c5cc(Cl)cc2c54)C2(C)CCCCC62C)C(C)(C)c2cc4c(cc23)C(C)(C)CCC4(C)C)cc1. The molecule has 1 saturated carbocycles. The maximum absolute atomic E-state index is 7.47. The Labute approximate surface area is 349 Å². The third kappa shape index (κ3) is 4.79. The number of hydrogen-bond acceptors (Lipinski definition) is 2. The molecule has 57 heavy (non-hydrogen) atoms. The Balaban J connectivity index is 1.36. The molecule has 0 saturated heterocycles. The Morgan fingerprint density at radius 3 is 1.84 bits per heavy atom. The molecule has 296 valence electrons. The highest BCUT2D eigenvalue weighted by Gasteiger charge is 2.63. The zero-order valence-corrected chi connectivity index (χ0v) is 38.1. The van der Waals surface area contributed by atoms with Crippen LogP contribution in [0.3, 0.4) is 0 Å². The summed E-state index contributed by atoms with van der Waals surface area (Å²) < 4.78 is 0. The highest BCUT2D eigenvalue weighted by molar-refractivity contribution is 6.96. The lowest BCUT2D eigenvalue weighted by Crippen LogP contribution is -2.62. The van der Waals surface area contributed by atoms with Crippen molar-refractivity contribution in [1.82, 2.24) is 0 Å². The lowest BCUT2D eigenvalue weighted by molar-refractivity contribution is 0.195. The Morgan fingerprint density at radius 2 is 1.21 bits per heavy atom. The fraction of sp³-hybridized carbons (Fsp3) is 0.509. The minimum absolute atomic E-state index is 0.0145.